The highest BCUT2D eigenvalue weighted by molar-refractivity contribution is 7.12. The second kappa shape index (κ2) is 8.97. The summed E-state index contributed by atoms with van der Waals surface area (Å²) in [4.78, 5) is 25.6. The minimum Gasteiger partial charge on any atom is -0.445 e. The molecule has 0 aliphatic heterocycles. The molecule has 0 bridgehead atoms. The maximum Gasteiger partial charge on any atom is 0.408 e. The van der Waals surface area contributed by atoms with Gasteiger partial charge >= 0.3 is 6.09 Å². The number of amides is 1. The van der Waals surface area contributed by atoms with Gasteiger partial charge in [-0.15, -0.1) is 11.3 Å². The Bertz CT molecular complexity index is 832. The second-order valence-corrected chi connectivity index (χ2v) is 6.74. The van der Waals surface area contributed by atoms with Crippen molar-refractivity contribution in [2.45, 2.75) is 19.1 Å². The first-order chi connectivity index (χ1) is 12.7. The lowest BCUT2D eigenvalue weighted by Crippen LogP contribution is -2.42. The number of hydrogen-bond donors (Lipinski definition) is 1. The molecular formula is C21H19NO3S. The molecule has 3 aromatic rings. The van der Waals surface area contributed by atoms with E-state index in [1.54, 1.807) is 6.07 Å². The molecule has 0 radical (unpaired) electrons. The monoisotopic (exact) mass is 365 g/mol. The summed E-state index contributed by atoms with van der Waals surface area (Å²) < 4.78 is 5.26. The van der Waals surface area contributed by atoms with E-state index in [2.05, 4.69) is 5.32 Å². The predicted molar refractivity (Wildman–Crippen MR) is 102 cm³/mol. The van der Waals surface area contributed by atoms with Crippen LogP contribution < -0.4 is 5.32 Å². The summed E-state index contributed by atoms with van der Waals surface area (Å²) in [5.41, 5.74) is 1.87. The average Bonchev–Trinajstić information content (AvgIpc) is 3.22. The first kappa shape index (κ1) is 17.9. The van der Waals surface area contributed by atoms with Gasteiger partial charge in [0.25, 0.3) is 0 Å². The van der Waals surface area contributed by atoms with Gasteiger partial charge in [0.1, 0.15) is 12.6 Å². The number of nitrogens with one attached hydrogen (secondary N) is 1. The summed E-state index contributed by atoms with van der Waals surface area (Å²) >= 11 is 1.37. The molecule has 0 saturated heterocycles. The van der Waals surface area contributed by atoms with Gasteiger partial charge in [-0.05, 0) is 22.6 Å². The molecule has 0 aliphatic rings. The Morgan fingerprint density at radius 2 is 1.54 bits per heavy atom. The Balaban J connectivity index is 1.66. The molecule has 5 heteroatoms. The van der Waals surface area contributed by atoms with Crippen molar-refractivity contribution in [3.05, 3.63) is 94.2 Å². The summed E-state index contributed by atoms with van der Waals surface area (Å²) in [5.74, 6) is -0.111. The van der Waals surface area contributed by atoms with Crippen LogP contribution in [0.2, 0.25) is 0 Å². The number of carbonyl (C=O) groups is 2. The van der Waals surface area contributed by atoms with Gasteiger partial charge in [0.2, 0.25) is 0 Å². The van der Waals surface area contributed by atoms with Crippen LogP contribution in [0.3, 0.4) is 0 Å². The summed E-state index contributed by atoms with van der Waals surface area (Å²) in [6, 6.07) is 22.0. The molecule has 0 spiro atoms. The van der Waals surface area contributed by atoms with Crippen LogP contribution in [0.15, 0.2) is 78.2 Å². The zero-order chi connectivity index (χ0) is 18.2. The number of rotatable bonds is 7. The van der Waals surface area contributed by atoms with Crippen LogP contribution in [0.5, 0.6) is 0 Å². The van der Waals surface area contributed by atoms with Gasteiger partial charge < -0.3 is 10.1 Å². The summed E-state index contributed by atoms with van der Waals surface area (Å²) in [5, 5.41) is 4.57. The molecule has 1 amide bonds. The lowest BCUT2D eigenvalue weighted by Gasteiger charge is -2.17. The van der Waals surface area contributed by atoms with Gasteiger partial charge in [-0.2, -0.15) is 0 Å². The number of Topliss-reactive ketones (excluding diaryl/α,β-unsaturated/α-hetero) is 1. The van der Waals surface area contributed by atoms with Crippen LogP contribution in [0, 0.1) is 0 Å². The summed E-state index contributed by atoms with van der Waals surface area (Å²) in [6.45, 7) is 0.165. The molecule has 1 N–H and O–H groups in total. The Hall–Kier alpha value is -2.92. The van der Waals surface area contributed by atoms with E-state index in [0.29, 0.717) is 11.3 Å². The third kappa shape index (κ3) is 5.04. The maximum absolute atomic E-state index is 12.8. The Kier molecular flexibility index (Phi) is 6.17. The predicted octanol–water partition coefficient (Wildman–Crippen LogP) is 4.47. The Labute approximate surface area is 156 Å². The first-order valence-corrected chi connectivity index (χ1v) is 9.19. The van der Waals surface area contributed by atoms with E-state index in [0.717, 1.165) is 11.1 Å². The van der Waals surface area contributed by atoms with Crippen LogP contribution in [0.1, 0.15) is 20.8 Å². The largest absolute Gasteiger partial charge is 0.445 e. The fourth-order valence-corrected chi connectivity index (χ4v) is 3.28. The molecule has 0 saturated carbocycles. The molecule has 0 aliphatic carbocycles. The quantitative estimate of drug-likeness (QED) is 0.629. The molecule has 1 heterocycles. The minimum absolute atomic E-state index is 0.111. The van der Waals surface area contributed by atoms with E-state index in [-0.39, 0.29) is 12.4 Å². The molecule has 3 rings (SSSR count). The molecular weight excluding hydrogens is 346 g/mol. The van der Waals surface area contributed by atoms with Gasteiger partial charge in [-0.3, -0.25) is 4.79 Å². The lowest BCUT2D eigenvalue weighted by atomic mass is 10.0. The van der Waals surface area contributed by atoms with Gasteiger partial charge in [0, 0.05) is 6.42 Å². The first-order valence-electron chi connectivity index (χ1n) is 8.31. The van der Waals surface area contributed by atoms with Crippen LogP contribution >= 0.6 is 11.3 Å². The zero-order valence-corrected chi connectivity index (χ0v) is 14.9. The number of benzene rings is 2. The van der Waals surface area contributed by atoms with E-state index in [4.69, 9.17) is 4.74 Å². The van der Waals surface area contributed by atoms with Gasteiger partial charge in [-0.25, -0.2) is 4.79 Å². The number of ether oxygens (including phenoxy) is 1. The molecule has 26 heavy (non-hydrogen) atoms. The highest BCUT2D eigenvalue weighted by Crippen LogP contribution is 2.15. The van der Waals surface area contributed by atoms with Crippen molar-refractivity contribution in [2.24, 2.45) is 0 Å². The normalized spacial score (nSPS) is 11.5. The van der Waals surface area contributed by atoms with Crippen molar-refractivity contribution in [3.63, 3.8) is 0 Å². The molecule has 0 fully saturated rings. The van der Waals surface area contributed by atoms with Crippen molar-refractivity contribution in [2.75, 3.05) is 0 Å². The van der Waals surface area contributed by atoms with E-state index in [1.165, 1.54) is 11.3 Å². The van der Waals surface area contributed by atoms with Crippen LogP contribution in [-0.2, 0) is 17.8 Å². The van der Waals surface area contributed by atoms with Gasteiger partial charge in [0.15, 0.2) is 5.78 Å². The fourth-order valence-electron chi connectivity index (χ4n) is 2.56. The van der Waals surface area contributed by atoms with E-state index in [9.17, 15) is 9.59 Å². The lowest BCUT2D eigenvalue weighted by molar-refractivity contribution is 0.0920. The number of hydrogen-bond acceptors (Lipinski definition) is 4. The third-order valence-electron chi connectivity index (χ3n) is 3.87. The summed E-state index contributed by atoms with van der Waals surface area (Å²) in [7, 11) is 0. The van der Waals surface area contributed by atoms with Crippen molar-refractivity contribution in [1.82, 2.24) is 5.32 Å². The smallest absolute Gasteiger partial charge is 0.408 e. The van der Waals surface area contributed by atoms with Crippen molar-refractivity contribution >= 4 is 23.2 Å². The molecule has 0 unspecified atom stereocenters. The van der Waals surface area contributed by atoms with E-state index < -0.39 is 12.1 Å². The van der Waals surface area contributed by atoms with Crippen LogP contribution in [0.4, 0.5) is 4.79 Å². The zero-order valence-electron chi connectivity index (χ0n) is 14.1. The number of carbonyl (C=O) groups excluding carboxylic acids is 2. The van der Waals surface area contributed by atoms with E-state index >= 15 is 0 Å². The topological polar surface area (TPSA) is 55.4 Å². The van der Waals surface area contributed by atoms with Crippen molar-refractivity contribution < 1.29 is 14.3 Å². The van der Waals surface area contributed by atoms with E-state index in [1.807, 2.05) is 72.1 Å². The van der Waals surface area contributed by atoms with Crippen molar-refractivity contribution in [3.8, 4) is 0 Å². The van der Waals surface area contributed by atoms with Gasteiger partial charge in [0.05, 0.1) is 4.88 Å². The SMILES string of the molecule is O=C(N[C@@H](Cc1ccccc1)C(=O)c1cccs1)OCc1ccccc1. The fraction of sp³-hybridized carbons (Fsp3) is 0.143. The van der Waals surface area contributed by atoms with Gasteiger partial charge in [-0.1, -0.05) is 66.7 Å². The number of ketones is 1. The molecule has 4 nitrogen and oxygen atoms in total. The number of thiophene rings is 1. The highest BCUT2D eigenvalue weighted by atomic mass is 32.1. The maximum atomic E-state index is 12.8. The molecule has 1 atom stereocenters. The molecule has 1 aromatic heterocycles. The van der Waals surface area contributed by atoms with Crippen molar-refractivity contribution in [1.29, 1.82) is 0 Å². The summed E-state index contributed by atoms with van der Waals surface area (Å²) in [6.07, 6.45) is -0.183. The molecule has 132 valence electrons. The highest BCUT2D eigenvalue weighted by Gasteiger charge is 2.24. The Morgan fingerprint density at radius 1 is 0.885 bits per heavy atom. The Morgan fingerprint density at radius 3 is 2.15 bits per heavy atom. The average molecular weight is 365 g/mol. The third-order valence-corrected chi connectivity index (χ3v) is 4.75. The van der Waals surface area contributed by atoms with Crippen LogP contribution in [0.25, 0.3) is 0 Å². The minimum atomic E-state index is -0.667. The standard InChI is InChI=1S/C21H19NO3S/c23-20(19-12-7-13-26-19)18(14-16-8-3-1-4-9-16)22-21(24)25-15-17-10-5-2-6-11-17/h1-13,18H,14-15H2,(H,22,24)/t18-/m0/s1. The van der Waals surface area contributed by atoms with Crippen LogP contribution in [-0.4, -0.2) is 17.9 Å². The second-order valence-electron chi connectivity index (χ2n) is 5.79. The number of alkyl carbamates (subject to hydrolysis) is 1. The molecule has 2 aromatic carbocycles.